The second-order valence-corrected chi connectivity index (χ2v) is 7.87. The number of hydrogen-bond donors (Lipinski definition) is 1. The molecular formula is C17H30N2O. The van der Waals surface area contributed by atoms with Gasteiger partial charge in [0.2, 0.25) is 0 Å². The standard InChI is InChI=1S/C17H30N2O/c1-17(14-6-7-14)12-19(9-8-15-3-2-10-20-15)16(11-18-17)13-4-5-13/h13-16,18H,2-12H2,1H3. The van der Waals surface area contributed by atoms with Crippen molar-refractivity contribution in [3.05, 3.63) is 0 Å². The molecule has 4 rings (SSSR count). The summed E-state index contributed by atoms with van der Waals surface area (Å²) < 4.78 is 5.82. The molecule has 2 saturated heterocycles. The van der Waals surface area contributed by atoms with E-state index in [1.54, 1.807) is 0 Å². The molecule has 3 atom stereocenters. The van der Waals surface area contributed by atoms with Crippen LogP contribution in [-0.4, -0.2) is 48.8 Å². The maximum absolute atomic E-state index is 5.82. The molecule has 4 aliphatic rings. The van der Waals surface area contributed by atoms with Gasteiger partial charge in [0.15, 0.2) is 0 Å². The summed E-state index contributed by atoms with van der Waals surface area (Å²) in [6.45, 7) is 7.22. The maximum Gasteiger partial charge on any atom is 0.0588 e. The van der Waals surface area contributed by atoms with Crippen molar-refractivity contribution in [1.29, 1.82) is 0 Å². The Kier molecular flexibility index (Phi) is 3.56. The second kappa shape index (κ2) is 5.26. The number of piperazine rings is 1. The van der Waals surface area contributed by atoms with E-state index in [9.17, 15) is 0 Å². The zero-order chi connectivity index (χ0) is 13.6. The summed E-state index contributed by atoms with van der Waals surface area (Å²) in [4.78, 5) is 2.83. The number of nitrogens with one attached hydrogen (secondary N) is 1. The molecule has 4 fully saturated rings. The highest BCUT2D eigenvalue weighted by atomic mass is 16.5. The quantitative estimate of drug-likeness (QED) is 0.836. The Morgan fingerprint density at radius 2 is 2.05 bits per heavy atom. The van der Waals surface area contributed by atoms with Crippen LogP contribution in [0.2, 0.25) is 0 Å². The number of rotatable bonds is 5. The molecule has 0 radical (unpaired) electrons. The molecule has 3 heteroatoms. The normalized spacial score (nSPS) is 43.0. The van der Waals surface area contributed by atoms with E-state index >= 15 is 0 Å². The van der Waals surface area contributed by atoms with Crippen molar-refractivity contribution in [3.63, 3.8) is 0 Å². The van der Waals surface area contributed by atoms with Crippen LogP contribution in [0, 0.1) is 11.8 Å². The van der Waals surface area contributed by atoms with E-state index in [4.69, 9.17) is 4.74 Å². The van der Waals surface area contributed by atoms with Crippen molar-refractivity contribution in [2.45, 2.75) is 69.6 Å². The van der Waals surface area contributed by atoms with Crippen molar-refractivity contribution in [2.24, 2.45) is 11.8 Å². The summed E-state index contributed by atoms with van der Waals surface area (Å²) in [5, 5.41) is 3.91. The fourth-order valence-corrected chi connectivity index (χ4v) is 4.43. The molecule has 0 bridgehead atoms. The van der Waals surface area contributed by atoms with Gasteiger partial charge < -0.3 is 10.1 Å². The van der Waals surface area contributed by atoms with Crippen LogP contribution in [0.25, 0.3) is 0 Å². The molecular weight excluding hydrogens is 248 g/mol. The zero-order valence-corrected chi connectivity index (χ0v) is 12.9. The molecule has 114 valence electrons. The van der Waals surface area contributed by atoms with Gasteiger partial charge in [-0.15, -0.1) is 0 Å². The van der Waals surface area contributed by atoms with E-state index in [-0.39, 0.29) is 0 Å². The largest absolute Gasteiger partial charge is 0.378 e. The molecule has 2 aliphatic carbocycles. The van der Waals surface area contributed by atoms with Crippen molar-refractivity contribution in [1.82, 2.24) is 10.2 Å². The van der Waals surface area contributed by atoms with Crippen LogP contribution in [0.15, 0.2) is 0 Å². The van der Waals surface area contributed by atoms with Crippen molar-refractivity contribution >= 4 is 0 Å². The van der Waals surface area contributed by atoms with E-state index < -0.39 is 0 Å². The van der Waals surface area contributed by atoms with E-state index in [0.29, 0.717) is 11.6 Å². The molecule has 2 heterocycles. The molecule has 0 aromatic carbocycles. The predicted molar refractivity (Wildman–Crippen MR) is 80.8 cm³/mol. The van der Waals surface area contributed by atoms with Crippen molar-refractivity contribution < 1.29 is 4.74 Å². The monoisotopic (exact) mass is 278 g/mol. The number of nitrogens with zero attached hydrogens (tertiary/aromatic N) is 1. The highest BCUT2D eigenvalue weighted by Gasteiger charge is 2.48. The Morgan fingerprint density at radius 1 is 1.20 bits per heavy atom. The highest BCUT2D eigenvalue weighted by Crippen LogP contribution is 2.44. The molecule has 2 aliphatic heterocycles. The van der Waals surface area contributed by atoms with Gasteiger partial charge in [-0.2, -0.15) is 0 Å². The summed E-state index contributed by atoms with van der Waals surface area (Å²) in [6.07, 6.45) is 10.2. The van der Waals surface area contributed by atoms with Gasteiger partial charge in [0.05, 0.1) is 6.10 Å². The first kappa shape index (κ1) is 13.5. The summed E-state index contributed by atoms with van der Waals surface area (Å²) in [7, 11) is 0. The number of ether oxygens (including phenoxy) is 1. The first-order valence-electron chi connectivity index (χ1n) is 8.85. The fraction of sp³-hybridized carbons (Fsp3) is 1.00. The summed E-state index contributed by atoms with van der Waals surface area (Å²) >= 11 is 0. The van der Waals surface area contributed by atoms with Gasteiger partial charge in [-0.3, -0.25) is 4.90 Å². The molecule has 20 heavy (non-hydrogen) atoms. The SMILES string of the molecule is CC1(C2CC2)CN(CCC2CCCO2)C(C2CC2)CN1. The lowest BCUT2D eigenvalue weighted by atomic mass is 9.89. The van der Waals surface area contributed by atoms with Crippen LogP contribution in [0.3, 0.4) is 0 Å². The third kappa shape index (κ3) is 2.77. The summed E-state index contributed by atoms with van der Waals surface area (Å²) in [5.41, 5.74) is 0.391. The molecule has 3 nitrogen and oxygen atoms in total. The van der Waals surface area contributed by atoms with Crippen LogP contribution in [0.1, 0.15) is 51.9 Å². The fourth-order valence-electron chi connectivity index (χ4n) is 4.43. The minimum atomic E-state index is 0.391. The van der Waals surface area contributed by atoms with Gasteiger partial charge in [0.25, 0.3) is 0 Å². The molecule has 2 saturated carbocycles. The van der Waals surface area contributed by atoms with Crippen LogP contribution in [-0.2, 0) is 4.74 Å². The van der Waals surface area contributed by atoms with Gasteiger partial charge in [-0.25, -0.2) is 0 Å². The van der Waals surface area contributed by atoms with Crippen LogP contribution < -0.4 is 5.32 Å². The zero-order valence-electron chi connectivity index (χ0n) is 12.9. The van der Waals surface area contributed by atoms with Gasteiger partial charge in [0, 0.05) is 37.8 Å². The average molecular weight is 278 g/mol. The lowest BCUT2D eigenvalue weighted by Gasteiger charge is -2.47. The minimum Gasteiger partial charge on any atom is -0.378 e. The lowest BCUT2D eigenvalue weighted by molar-refractivity contribution is 0.0403. The minimum absolute atomic E-state index is 0.391. The highest BCUT2D eigenvalue weighted by molar-refractivity contribution is 5.06. The lowest BCUT2D eigenvalue weighted by Crippen LogP contribution is -2.64. The first-order valence-corrected chi connectivity index (χ1v) is 8.85. The van der Waals surface area contributed by atoms with Crippen LogP contribution in [0.4, 0.5) is 0 Å². The Bertz CT molecular complexity index is 347. The Hall–Kier alpha value is -0.120. The molecule has 1 N–H and O–H groups in total. The van der Waals surface area contributed by atoms with Crippen molar-refractivity contribution in [3.8, 4) is 0 Å². The van der Waals surface area contributed by atoms with Crippen LogP contribution in [0.5, 0.6) is 0 Å². The summed E-state index contributed by atoms with van der Waals surface area (Å²) in [6, 6.07) is 0.809. The Balaban J connectivity index is 1.38. The Labute approximate surface area is 123 Å². The third-order valence-corrected chi connectivity index (χ3v) is 6.12. The molecule has 0 aromatic heterocycles. The van der Waals surface area contributed by atoms with Crippen LogP contribution >= 0.6 is 0 Å². The summed E-state index contributed by atoms with van der Waals surface area (Å²) in [5.74, 6) is 1.92. The predicted octanol–water partition coefficient (Wildman–Crippen LogP) is 2.41. The maximum atomic E-state index is 5.82. The average Bonchev–Trinajstić information content (AvgIpc) is 3.35. The van der Waals surface area contributed by atoms with E-state index in [1.165, 1.54) is 64.6 Å². The van der Waals surface area contributed by atoms with E-state index in [0.717, 1.165) is 24.5 Å². The van der Waals surface area contributed by atoms with Crippen molar-refractivity contribution in [2.75, 3.05) is 26.2 Å². The smallest absolute Gasteiger partial charge is 0.0588 e. The number of hydrogen-bond acceptors (Lipinski definition) is 3. The first-order chi connectivity index (χ1) is 9.74. The molecule has 0 spiro atoms. The van der Waals surface area contributed by atoms with Gasteiger partial charge in [-0.05, 0) is 63.7 Å². The van der Waals surface area contributed by atoms with E-state index in [2.05, 4.69) is 17.1 Å². The topological polar surface area (TPSA) is 24.5 Å². The Morgan fingerprint density at radius 3 is 2.70 bits per heavy atom. The van der Waals surface area contributed by atoms with Gasteiger partial charge in [-0.1, -0.05) is 0 Å². The molecule has 0 amide bonds. The second-order valence-electron chi connectivity index (χ2n) is 7.87. The van der Waals surface area contributed by atoms with Gasteiger partial charge >= 0.3 is 0 Å². The molecule has 3 unspecified atom stereocenters. The molecule has 0 aromatic rings. The third-order valence-electron chi connectivity index (χ3n) is 6.12. The van der Waals surface area contributed by atoms with E-state index in [1.807, 2.05) is 0 Å². The van der Waals surface area contributed by atoms with Gasteiger partial charge in [0.1, 0.15) is 0 Å².